The zero-order chi connectivity index (χ0) is 15.1. The molecule has 112 valence electrons. The molecule has 0 saturated heterocycles. The summed E-state index contributed by atoms with van der Waals surface area (Å²) in [6.07, 6.45) is 5.52. The number of unbranched alkanes of at least 4 members (excludes halogenated alkanes) is 1. The van der Waals surface area contributed by atoms with Gasteiger partial charge in [-0.25, -0.2) is 9.48 Å². The molecule has 1 atom stereocenters. The second kappa shape index (κ2) is 7.42. The average molecular weight is 287 g/mol. The molecule has 0 aliphatic carbocycles. The molecule has 2 rings (SSSR count). The van der Waals surface area contributed by atoms with Gasteiger partial charge in [0, 0.05) is 18.8 Å². The van der Waals surface area contributed by atoms with Gasteiger partial charge >= 0.3 is 6.03 Å². The van der Waals surface area contributed by atoms with E-state index >= 15 is 0 Å². The Kier molecular flexibility index (Phi) is 5.31. The van der Waals surface area contributed by atoms with E-state index in [4.69, 9.17) is 0 Å². The predicted octanol–water partition coefficient (Wildman–Crippen LogP) is 2.96. The number of aryl methyl sites for hydroxylation is 1. The van der Waals surface area contributed by atoms with Crippen LogP contribution in [0.3, 0.4) is 0 Å². The van der Waals surface area contributed by atoms with Crippen LogP contribution >= 0.6 is 0 Å². The van der Waals surface area contributed by atoms with E-state index < -0.39 is 0 Å². The van der Waals surface area contributed by atoms with Crippen molar-refractivity contribution in [2.24, 2.45) is 0 Å². The average Bonchev–Trinajstić information content (AvgIpc) is 2.93. The van der Waals surface area contributed by atoms with E-state index in [1.165, 1.54) is 0 Å². The van der Waals surface area contributed by atoms with Gasteiger partial charge in [-0.2, -0.15) is 5.10 Å². The van der Waals surface area contributed by atoms with Crippen molar-refractivity contribution in [2.75, 3.05) is 5.32 Å². The Balaban J connectivity index is 1.91. The first-order chi connectivity index (χ1) is 10.2. The van der Waals surface area contributed by atoms with Gasteiger partial charge in [-0.3, -0.25) is 10.3 Å². The zero-order valence-corrected chi connectivity index (χ0v) is 12.4. The van der Waals surface area contributed by atoms with Gasteiger partial charge in [-0.1, -0.05) is 19.4 Å². The summed E-state index contributed by atoms with van der Waals surface area (Å²) in [6.45, 7) is 4.82. The third kappa shape index (κ3) is 4.30. The molecule has 2 aromatic rings. The van der Waals surface area contributed by atoms with E-state index in [9.17, 15) is 4.79 Å². The number of hydrogen-bond acceptors (Lipinski definition) is 3. The summed E-state index contributed by atoms with van der Waals surface area (Å²) in [5.41, 5.74) is 0.826. The molecule has 2 amide bonds. The molecular formula is C15H21N5O. The van der Waals surface area contributed by atoms with Crippen molar-refractivity contribution in [1.29, 1.82) is 0 Å². The third-order valence-electron chi connectivity index (χ3n) is 3.16. The number of amides is 2. The number of urea groups is 1. The van der Waals surface area contributed by atoms with Crippen LogP contribution in [0.4, 0.5) is 10.6 Å². The molecule has 2 heterocycles. The second-order valence-electron chi connectivity index (χ2n) is 4.87. The van der Waals surface area contributed by atoms with Crippen molar-refractivity contribution in [3.8, 4) is 0 Å². The fraction of sp³-hybridized carbons (Fsp3) is 0.400. The quantitative estimate of drug-likeness (QED) is 0.858. The van der Waals surface area contributed by atoms with E-state index in [0.29, 0.717) is 5.82 Å². The van der Waals surface area contributed by atoms with Crippen LogP contribution in [0.5, 0.6) is 0 Å². The summed E-state index contributed by atoms with van der Waals surface area (Å²) in [6, 6.07) is 7.02. The Hall–Kier alpha value is -2.37. The molecule has 0 aromatic carbocycles. The number of carbonyl (C=O) groups is 1. The van der Waals surface area contributed by atoms with Crippen molar-refractivity contribution in [1.82, 2.24) is 20.1 Å². The highest BCUT2D eigenvalue weighted by molar-refractivity contribution is 5.88. The maximum absolute atomic E-state index is 12.0. The topological polar surface area (TPSA) is 71.8 Å². The molecular weight excluding hydrogens is 266 g/mol. The van der Waals surface area contributed by atoms with Gasteiger partial charge in [-0.05, 0) is 25.5 Å². The largest absolute Gasteiger partial charge is 0.330 e. The van der Waals surface area contributed by atoms with Crippen molar-refractivity contribution in [3.05, 3.63) is 42.4 Å². The molecule has 0 fully saturated rings. The molecule has 6 heteroatoms. The molecule has 0 aliphatic heterocycles. The van der Waals surface area contributed by atoms with Gasteiger partial charge < -0.3 is 5.32 Å². The number of hydrogen-bond donors (Lipinski definition) is 2. The second-order valence-corrected chi connectivity index (χ2v) is 4.87. The summed E-state index contributed by atoms with van der Waals surface area (Å²) in [7, 11) is 0. The van der Waals surface area contributed by atoms with Crippen LogP contribution in [-0.2, 0) is 6.54 Å². The minimum Gasteiger partial charge on any atom is -0.330 e. The third-order valence-corrected chi connectivity index (χ3v) is 3.16. The molecule has 6 nitrogen and oxygen atoms in total. The summed E-state index contributed by atoms with van der Waals surface area (Å²) in [5.74, 6) is 0.703. The number of aromatic nitrogens is 3. The molecule has 2 N–H and O–H groups in total. The van der Waals surface area contributed by atoms with Crippen molar-refractivity contribution < 1.29 is 4.79 Å². The summed E-state index contributed by atoms with van der Waals surface area (Å²) >= 11 is 0. The maximum Gasteiger partial charge on any atom is 0.320 e. The van der Waals surface area contributed by atoms with Gasteiger partial charge in [-0.15, -0.1) is 0 Å². The highest BCUT2D eigenvalue weighted by atomic mass is 16.2. The lowest BCUT2D eigenvalue weighted by Gasteiger charge is -2.14. The fourth-order valence-corrected chi connectivity index (χ4v) is 1.98. The number of rotatable bonds is 6. The molecule has 0 spiro atoms. The summed E-state index contributed by atoms with van der Waals surface area (Å²) in [5, 5.41) is 9.89. The predicted molar refractivity (Wildman–Crippen MR) is 81.9 cm³/mol. The van der Waals surface area contributed by atoms with Gasteiger partial charge in [0.25, 0.3) is 0 Å². The van der Waals surface area contributed by atoms with Gasteiger partial charge in [0.15, 0.2) is 0 Å². The number of pyridine rings is 1. The van der Waals surface area contributed by atoms with Crippen LogP contribution in [-0.4, -0.2) is 20.8 Å². The smallest absolute Gasteiger partial charge is 0.320 e. The summed E-state index contributed by atoms with van der Waals surface area (Å²) in [4.78, 5) is 16.3. The zero-order valence-electron chi connectivity index (χ0n) is 12.4. The van der Waals surface area contributed by atoms with Gasteiger partial charge in [0.2, 0.25) is 0 Å². The molecule has 0 bridgehead atoms. The van der Waals surface area contributed by atoms with E-state index in [1.54, 1.807) is 23.1 Å². The highest BCUT2D eigenvalue weighted by Gasteiger charge is 2.12. The number of carbonyl (C=O) groups excluding carboxylic acids is 1. The van der Waals surface area contributed by atoms with Crippen LogP contribution in [0, 0.1) is 0 Å². The Labute approximate surface area is 124 Å². The SMILES string of the molecule is CCCCn1nccc1NC(=O)N[C@H](C)c1ccccn1. The normalized spacial score (nSPS) is 11.9. The maximum atomic E-state index is 12.0. The first-order valence-corrected chi connectivity index (χ1v) is 7.21. The van der Waals surface area contributed by atoms with E-state index in [2.05, 4.69) is 27.6 Å². The van der Waals surface area contributed by atoms with Crippen molar-refractivity contribution >= 4 is 11.8 Å². The summed E-state index contributed by atoms with van der Waals surface area (Å²) < 4.78 is 1.80. The molecule has 0 unspecified atom stereocenters. The van der Waals surface area contributed by atoms with Crippen LogP contribution in [0.1, 0.15) is 38.4 Å². The van der Waals surface area contributed by atoms with Crippen LogP contribution in [0.2, 0.25) is 0 Å². The van der Waals surface area contributed by atoms with Gasteiger partial charge in [0.1, 0.15) is 5.82 Å². The van der Waals surface area contributed by atoms with E-state index in [0.717, 1.165) is 25.1 Å². The molecule has 0 aliphatic rings. The standard InChI is InChI=1S/C15H21N5O/c1-3-4-11-20-14(8-10-17-20)19-15(21)18-12(2)13-7-5-6-9-16-13/h5-10,12H,3-4,11H2,1-2H3,(H2,18,19,21)/t12-/m1/s1. The van der Waals surface area contributed by atoms with E-state index in [-0.39, 0.29) is 12.1 Å². The monoisotopic (exact) mass is 287 g/mol. The van der Waals surface area contributed by atoms with Crippen LogP contribution < -0.4 is 10.6 Å². The minimum atomic E-state index is -0.258. The highest BCUT2D eigenvalue weighted by Crippen LogP contribution is 2.10. The Morgan fingerprint density at radius 1 is 1.33 bits per heavy atom. The molecule has 2 aromatic heterocycles. The van der Waals surface area contributed by atoms with E-state index in [1.807, 2.05) is 25.1 Å². The Morgan fingerprint density at radius 2 is 2.19 bits per heavy atom. The Morgan fingerprint density at radius 3 is 2.90 bits per heavy atom. The first-order valence-electron chi connectivity index (χ1n) is 7.21. The van der Waals surface area contributed by atoms with Crippen LogP contribution in [0.15, 0.2) is 36.7 Å². The number of nitrogens with zero attached hydrogens (tertiary/aromatic N) is 3. The minimum absolute atomic E-state index is 0.154. The first kappa shape index (κ1) is 15.0. The fourth-order valence-electron chi connectivity index (χ4n) is 1.98. The van der Waals surface area contributed by atoms with Crippen LogP contribution in [0.25, 0.3) is 0 Å². The lowest BCUT2D eigenvalue weighted by Crippen LogP contribution is -2.32. The molecule has 0 saturated carbocycles. The number of anilines is 1. The molecule has 0 radical (unpaired) electrons. The van der Waals surface area contributed by atoms with Crippen molar-refractivity contribution in [3.63, 3.8) is 0 Å². The number of nitrogens with one attached hydrogen (secondary N) is 2. The van der Waals surface area contributed by atoms with Gasteiger partial charge in [0.05, 0.1) is 17.9 Å². The lowest BCUT2D eigenvalue weighted by atomic mass is 10.2. The van der Waals surface area contributed by atoms with Crippen molar-refractivity contribution in [2.45, 2.75) is 39.3 Å². The Bertz CT molecular complexity index is 566. The molecule has 21 heavy (non-hydrogen) atoms. The lowest BCUT2D eigenvalue weighted by molar-refractivity contribution is 0.249.